The topological polar surface area (TPSA) is 39.9 Å². The normalized spacial score (nSPS) is 12.0. The predicted molar refractivity (Wildman–Crippen MR) is 121 cm³/mol. The Morgan fingerprint density at radius 3 is 2.52 bits per heavy atom. The van der Waals surface area contributed by atoms with E-state index in [9.17, 15) is 0 Å². The number of nitrogens with zero attached hydrogens (tertiary/aromatic N) is 3. The zero-order chi connectivity index (χ0) is 21.0. The number of benzene rings is 2. The molecule has 0 amide bonds. The van der Waals surface area contributed by atoms with Gasteiger partial charge in [-0.2, -0.15) is 0 Å². The monoisotopic (exact) mass is 447 g/mol. The molecule has 0 N–H and O–H groups in total. The molecule has 0 radical (unpaired) electrons. The fraction of sp³-hybridized carbons (Fsp3) is 0.273. The Balaban J connectivity index is 1.80. The summed E-state index contributed by atoms with van der Waals surface area (Å²) in [7, 11) is 0. The number of allylic oxidation sites excluding steroid dienone is 1. The Morgan fingerprint density at radius 1 is 1.14 bits per heavy atom. The van der Waals surface area contributed by atoms with Crippen LogP contribution in [0.3, 0.4) is 0 Å². The Kier molecular flexibility index (Phi) is 7.28. The third kappa shape index (κ3) is 5.16. The van der Waals surface area contributed by atoms with Crippen molar-refractivity contribution in [3.8, 4) is 5.75 Å². The van der Waals surface area contributed by atoms with Crippen LogP contribution in [-0.4, -0.2) is 14.8 Å². The molecule has 0 aliphatic rings. The standard InChI is InChI=1S/C22H23Cl2N3OS/c1-5-11-27-21(16(4)28-17-10-9-14(2)15(3)12-17)25-26-22(27)29-13-18-19(23)7-6-8-20(18)24/h5-10,12,16H,1,11,13H2,2-4H3. The smallest absolute Gasteiger partial charge is 0.191 e. The summed E-state index contributed by atoms with van der Waals surface area (Å²) in [4.78, 5) is 0. The van der Waals surface area contributed by atoms with E-state index in [1.807, 2.05) is 47.9 Å². The van der Waals surface area contributed by atoms with Crippen molar-refractivity contribution >= 4 is 35.0 Å². The van der Waals surface area contributed by atoms with Gasteiger partial charge in [-0.3, -0.25) is 4.57 Å². The number of hydrogen-bond acceptors (Lipinski definition) is 4. The first-order valence-corrected chi connectivity index (χ1v) is 11.0. The average Bonchev–Trinajstić information content (AvgIpc) is 3.07. The van der Waals surface area contributed by atoms with E-state index in [1.54, 1.807) is 0 Å². The van der Waals surface area contributed by atoms with E-state index in [-0.39, 0.29) is 6.10 Å². The maximum absolute atomic E-state index is 6.29. The van der Waals surface area contributed by atoms with Crippen molar-refractivity contribution in [2.45, 2.75) is 44.3 Å². The molecule has 4 nitrogen and oxygen atoms in total. The fourth-order valence-electron chi connectivity index (χ4n) is 2.86. The number of halogens is 2. The second-order valence-corrected chi connectivity index (χ2v) is 8.49. The van der Waals surface area contributed by atoms with Crippen LogP contribution in [0, 0.1) is 13.8 Å². The molecule has 1 aromatic heterocycles. The third-order valence-corrected chi connectivity index (χ3v) is 6.32. The van der Waals surface area contributed by atoms with Gasteiger partial charge < -0.3 is 4.74 Å². The zero-order valence-electron chi connectivity index (χ0n) is 16.7. The van der Waals surface area contributed by atoms with Crippen molar-refractivity contribution in [1.29, 1.82) is 0 Å². The molecule has 0 aliphatic heterocycles. The van der Waals surface area contributed by atoms with Gasteiger partial charge in [0.2, 0.25) is 0 Å². The molecule has 1 unspecified atom stereocenters. The minimum absolute atomic E-state index is 0.261. The van der Waals surface area contributed by atoms with Crippen molar-refractivity contribution < 1.29 is 4.74 Å². The molecular weight excluding hydrogens is 425 g/mol. The van der Waals surface area contributed by atoms with Gasteiger partial charge in [0.05, 0.1) is 0 Å². The van der Waals surface area contributed by atoms with E-state index in [1.165, 1.54) is 22.9 Å². The van der Waals surface area contributed by atoms with Crippen LogP contribution in [0.5, 0.6) is 5.75 Å². The Morgan fingerprint density at radius 2 is 1.86 bits per heavy atom. The van der Waals surface area contributed by atoms with Crippen molar-refractivity contribution in [3.63, 3.8) is 0 Å². The van der Waals surface area contributed by atoms with E-state index < -0.39 is 0 Å². The molecule has 29 heavy (non-hydrogen) atoms. The van der Waals surface area contributed by atoms with Crippen LogP contribution in [0.4, 0.5) is 0 Å². The molecule has 0 saturated heterocycles. The minimum atomic E-state index is -0.261. The molecule has 152 valence electrons. The lowest BCUT2D eigenvalue weighted by Gasteiger charge is -2.16. The van der Waals surface area contributed by atoms with E-state index >= 15 is 0 Å². The lowest BCUT2D eigenvalue weighted by atomic mass is 10.1. The van der Waals surface area contributed by atoms with Crippen LogP contribution in [-0.2, 0) is 12.3 Å². The Bertz CT molecular complexity index is 999. The van der Waals surface area contributed by atoms with Gasteiger partial charge in [0, 0.05) is 22.3 Å². The molecule has 0 aliphatic carbocycles. The maximum Gasteiger partial charge on any atom is 0.191 e. The highest BCUT2D eigenvalue weighted by molar-refractivity contribution is 7.98. The highest BCUT2D eigenvalue weighted by atomic mass is 35.5. The zero-order valence-corrected chi connectivity index (χ0v) is 19.0. The molecule has 7 heteroatoms. The Hall–Kier alpha value is -1.95. The summed E-state index contributed by atoms with van der Waals surface area (Å²) < 4.78 is 8.14. The number of aromatic nitrogens is 3. The molecule has 3 rings (SSSR count). The highest BCUT2D eigenvalue weighted by Gasteiger charge is 2.20. The van der Waals surface area contributed by atoms with Crippen LogP contribution in [0.25, 0.3) is 0 Å². The summed E-state index contributed by atoms with van der Waals surface area (Å²) in [6.45, 7) is 10.6. The fourth-order valence-corrected chi connectivity index (χ4v) is 4.56. The van der Waals surface area contributed by atoms with Crippen LogP contribution in [0.2, 0.25) is 10.0 Å². The van der Waals surface area contributed by atoms with Gasteiger partial charge in [-0.05, 0) is 61.7 Å². The molecule has 0 saturated carbocycles. The number of hydrogen-bond donors (Lipinski definition) is 0. The molecule has 0 bridgehead atoms. The quantitative estimate of drug-likeness (QED) is 0.280. The summed E-state index contributed by atoms with van der Waals surface area (Å²) in [6, 6.07) is 11.6. The van der Waals surface area contributed by atoms with Gasteiger partial charge in [0.15, 0.2) is 17.1 Å². The largest absolute Gasteiger partial charge is 0.483 e. The summed E-state index contributed by atoms with van der Waals surface area (Å²) in [5, 5.41) is 10.8. The molecular formula is C22H23Cl2N3OS. The molecule has 2 aromatic carbocycles. The minimum Gasteiger partial charge on any atom is -0.483 e. The van der Waals surface area contributed by atoms with Crippen LogP contribution < -0.4 is 4.74 Å². The highest BCUT2D eigenvalue weighted by Crippen LogP contribution is 2.32. The average molecular weight is 448 g/mol. The van der Waals surface area contributed by atoms with Crippen molar-refractivity contribution in [3.05, 3.63) is 81.6 Å². The van der Waals surface area contributed by atoms with Gasteiger partial charge in [0.25, 0.3) is 0 Å². The lowest BCUT2D eigenvalue weighted by molar-refractivity contribution is 0.210. The van der Waals surface area contributed by atoms with E-state index in [4.69, 9.17) is 27.9 Å². The van der Waals surface area contributed by atoms with Gasteiger partial charge >= 0.3 is 0 Å². The lowest BCUT2D eigenvalue weighted by Crippen LogP contribution is -2.12. The molecule has 3 aromatic rings. The van der Waals surface area contributed by atoms with Gasteiger partial charge in [-0.1, -0.05) is 53.2 Å². The SMILES string of the molecule is C=CCn1c(SCc2c(Cl)cccc2Cl)nnc1C(C)Oc1ccc(C)c(C)c1. The third-order valence-electron chi connectivity index (χ3n) is 4.62. The number of aryl methyl sites for hydroxylation is 2. The summed E-state index contributed by atoms with van der Waals surface area (Å²) in [5.41, 5.74) is 3.31. The van der Waals surface area contributed by atoms with Crippen LogP contribution in [0.15, 0.2) is 54.2 Å². The van der Waals surface area contributed by atoms with Crippen molar-refractivity contribution in [1.82, 2.24) is 14.8 Å². The van der Waals surface area contributed by atoms with Crippen molar-refractivity contribution in [2.75, 3.05) is 0 Å². The number of rotatable bonds is 8. The summed E-state index contributed by atoms with van der Waals surface area (Å²) in [6.07, 6.45) is 1.56. The number of ether oxygens (including phenoxy) is 1. The van der Waals surface area contributed by atoms with Gasteiger partial charge in [-0.25, -0.2) is 0 Å². The first kappa shape index (κ1) is 21.8. The van der Waals surface area contributed by atoms with E-state index in [0.717, 1.165) is 22.3 Å². The predicted octanol–water partition coefficient (Wildman–Crippen LogP) is 6.82. The first-order valence-electron chi connectivity index (χ1n) is 9.24. The van der Waals surface area contributed by atoms with E-state index in [2.05, 4.69) is 36.7 Å². The molecule has 1 atom stereocenters. The maximum atomic E-state index is 6.29. The van der Waals surface area contributed by atoms with Gasteiger partial charge in [0.1, 0.15) is 5.75 Å². The Labute approximate surface area is 185 Å². The summed E-state index contributed by atoms with van der Waals surface area (Å²) >= 11 is 14.1. The van der Waals surface area contributed by atoms with Crippen LogP contribution in [0.1, 0.15) is 35.5 Å². The molecule has 1 heterocycles. The second kappa shape index (κ2) is 9.70. The van der Waals surface area contributed by atoms with Crippen molar-refractivity contribution in [2.24, 2.45) is 0 Å². The van der Waals surface area contributed by atoms with Gasteiger partial charge in [-0.15, -0.1) is 16.8 Å². The summed E-state index contributed by atoms with van der Waals surface area (Å²) in [5.74, 6) is 2.15. The number of thioether (sulfide) groups is 1. The first-order chi connectivity index (χ1) is 13.9. The molecule has 0 spiro atoms. The molecule has 0 fully saturated rings. The van der Waals surface area contributed by atoms with E-state index in [0.29, 0.717) is 22.3 Å². The second-order valence-electron chi connectivity index (χ2n) is 6.74. The van der Waals surface area contributed by atoms with Crippen LogP contribution >= 0.6 is 35.0 Å².